The van der Waals surface area contributed by atoms with Crippen molar-refractivity contribution in [3.05, 3.63) is 214 Å². The molecule has 0 unspecified atom stereocenters. The van der Waals surface area contributed by atoms with Crippen LogP contribution in [0.15, 0.2) is 164 Å². The number of aryl methyl sites for hydroxylation is 1. The molecule has 546 valence electrons. The zero-order chi connectivity index (χ0) is 73.6. The Hall–Kier alpha value is -6.20. The predicted molar refractivity (Wildman–Crippen MR) is 324 cm³/mol. The topological polar surface area (TPSA) is 442 Å². The number of ether oxygens (including phenoxy) is 4. The van der Waals surface area contributed by atoms with Gasteiger partial charge in [0.15, 0.2) is 0 Å². The Balaban J connectivity index is 0.000000188. The standard InChI is InChI=1S/C21H24F2O6.C20H22F2O6.2C13H16F2O6/c1-12-6-8-13(9-7-12)10-14-4-2-3-5-15(14)20(22,23)21(28)19(27)18(26)17(25)16(11-24)29-21;21-19(22,20(27)18(26)17(25)16(24)15(11-23)28-20)14-9-5-4-8-13(14)10-12-6-2-1-3-7-12;2*14-12(15,7-4-2-1-3-5-7)13(20)11(19)10(18)9(17)8(6-16)21-13/h2-9,16-19,24-28H,10-11H2,1H3;1-9,15-18,23-27H,10-11H2;2*1-5,8-11,16-20H,6H2/t16-,17-,18+,19-,21-;15-,16-,17+,18-,20-;8-,9+,10+,11-,13-;8-,9-,10+,11-,13-/m1111/s1. The number of aliphatic hydroxyl groups is 20. The largest absolute Gasteiger partial charge is 0.394 e. The minimum atomic E-state index is -4.16. The Bertz CT molecular complexity index is 3410. The van der Waals surface area contributed by atoms with E-state index < -0.39 is 193 Å². The normalized spacial score (nSPS) is 33.5. The van der Waals surface area contributed by atoms with Crippen LogP contribution in [0.3, 0.4) is 0 Å². The van der Waals surface area contributed by atoms with E-state index in [0.29, 0.717) is 0 Å². The van der Waals surface area contributed by atoms with Crippen molar-refractivity contribution >= 4 is 0 Å². The van der Waals surface area contributed by atoms with Crippen molar-refractivity contribution in [2.45, 2.75) is 164 Å². The van der Waals surface area contributed by atoms with Crippen LogP contribution in [-0.2, 0) is 55.5 Å². The molecule has 4 aliphatic rings. The second-order valence-electron chi connectivity index (χ2n) is 24.0. The third-order valence-electron chi connectivity index (χ3n) is 17.4. The van der Waals surface area contributed by atoms with Gasteiger partial charge in [-0.2, -0.15) is 35.1 Å². The lowest BCUT2D eigenvalue weighted by Crippen LogP contribution is -2.70. The first-order valence-corrected chi connectivity index (χ1v) is 30.4. The Morgan fingerprint density at radius 2 is 0.535 bits per heavy atom. The van der Waals surface area contributed by atoms with Crippen molar-refractivity contribution in [3.8, 4) is 0 Å². The van der Waals surface area contributed by atoms with Crippen molar-refractivity contribution in [3.63, 3.8) is 0 Å². The van der Waals surface area contributed by atoms with E-state index >= 15 is 17.6 Å². The van der Waals surface area contributed by atoms with Gasteiger partial charge in [-0.1, -0.05) is 169 Å². The molecule has 0 saturated carbocycles. The van der Waals surface area contributed by atoms with Crippen molar-refractivity contribution < 1.29 is 156 Å². The Morgan fingerprint density at radius 1 is 0.303 bits per heavy atom. The maximum Gasteiger partial charge on any atom is 0.328 e. The predicted octanol–water partition coefficient (Wildman–Crippen LogP) is -0.747. The van der Waals surface area contributed by atoms with E-state index in [0.717, 1.165) is 53.1 Å². The van der Waals surface area contributed by atoms with E-state index in [-0.39, 0.29) is 24.0 Å². The Kier molecular flexibility index (Phi) is 25.9. The van der Waals surface area contributed by atoms with Crippen LogP contribution in [0.4, 0.5) is 35.1 Å². The average molecular weight is 1420 g/mol. The Morgan fingerprint density at radius 3 is 0.808 bits per heavy atom. The fourth-order valence-electron chi connectivity index (χ4n) is 11.5. The summed E-state index contributed by atoms with van der Waals surface area (Å²) in [6.07, 6.45) is -32.2. The summed E-state index contributed by atoms with van der Waals surface area (Å²) in [5.74, 6) is -30.6. The number of hydrogen-bond donors (Lipinski definition) is 20. The van der Waals surface area contributed by atoms with Crippen LogP contribution in [0.25, 0.3) is 0 Å². The summed E-state index contributed by atoms with van der Waals surface area (Å²) in [5, 5.41) is 195. The molecule has 20 N–H and O–H groups in total. The molecule has 99 heavy (non-hydrogen) atoms. The summed E-state index contributed by atoms with van der Waals surface area (Å²) in [7, 11) is 0. The van der Waals surface area contributed by atoms with Gasteiger partial charge in [0, 0.05) is 22.3 Å². The summed E-state index contributed by atoms with van der Waals surface area (Å²) in [6, 6.07) is 39.3. The monoisotopic (exact) mass is 1420 g/mol. The van der Waals surface area contributed by atoms with E-state index in [9.17, 15) is 109 Å². The lowest BCUT2D eigenvalue weighted by molar-refractivity contribution is -0.416. The molecule has 6 aromatic carbocycles. The molecular weight excluding hydrogens is 1340 g/mol. The number of alkyl halides is 8. The van der Waals surface area contributed by atoms with Crippen LogP contribution < -0.4 is 0 Å². The first kappa shape index (κ1) is 80.1. The summed E-state index contributed by atoms with van der Waals surface area (Å²) in [4.78, 5) is 0. The number of rotatable bonds is 16. The molecule has 0 amide bonds. The minimum absolute atomic E-state index is 0.132. The smallest absolute Gasteiger partial charge is 0.328 e. The molecule has 4 aliphatic heterocycles. The van der Waals surface area contributed by atoms with E-state index in [4.69, 9.17) is 19.7 Å². The van der Waals surface area contributed by atoms with Gasteiger partial charge in [0.1, 0.15) is 97.7 Å². The molecule has 24 nitrogen and oxygen atoms in total. The first-order chi connectivity index (χ1) is 46.3. The second-order valence-corrected chi connectivity index (χ2v) is 24.0. The fraction of sp³-hybridized carbons (Fsp3) is 0.463. The number of halogens is 8. The van der Waals surface area contributed by atoms with Crippen molar-refractivity contribution in [1.82, 2.24) is 0 Å². The number of aliphatic hydroxyl groups excluding tert-OH is 16. The second kappa shape index (κ2) is 32.0. The fourth-order valence-corrected chi connectivity index (χ4v) is 11.5. The highest BCUT2D eigenvalue weighted by Gasteiger charge is 2.70. The molecule has 6 aromatic rings. The zero-order valence-electron chi connectivity index (χ0n) is 52.2. The molecule has 4 heterocycles. The van der Waals surface area contributed by atoms with E-state index in [2.05, 4.69) is 9.47 Å². The quantitative estimate of drug-likeness (QED) is 0.0530. The van der Waals surface area contributed by atoms with Crippen molar-refractivity contribution in [2.75, 3.05) is 26.4 Å². The van der Waals surface area contributed by atoms with Gasteiger partial charge >= 0.3 is 23.7 Å². The summed E-state index contributed by atoms with van der Waals surface area (Å²) in [5.41, 5.74) is 0.423. The zero-order valence-corrected chi connectivity index (χ0v) is 52.2. The summed E-state index contributed by atoms with van der Waals surface area (Å²) < 4.78 is 139. The van der Waals surface area contributed by atoms with E-state index in [1.165, 1.54) is 60.7 Å². The molecule has 4 fully saturated rings. The van der Waals surface area contributed by atoms with E-state index in [1.54, 1.807) is 54.6 Å². The van der Waals surface area contributed by atoms with Gasteiger partial charge in [-0.25, -0.2) is 0 Å². The highest BCUT2D eigenvalue weighted by molar-refractivity contribution is 5.40. The average Bonchev–Trinajstić information content (AvgIpc) is 0.754. The van der Waals surface area contributed by atoms with Crippen molar-refractivity contribution in [1.29, 1.82) is 0 Å². The Labute approximate surface area is 559 Å². The summed E-state index contributed by atoms with van der Waals surface area (Å²) >= 11 is 0. The molecule has 32 heteroatoms. The maximum atomic E-state index is 15.5. The van der Waals surface area contributed by atoms with Gasteiger partial charge in [0.25, 0.3) is 23.1 Å². The number of benzene rings is 6. The first-order valence-electron chi connectivity index (χ1n) is 30.4. The molecule has 4 saturated heterocycles. The van der Waals surface area contributed by atoms with Gasteiger partial charge in [-0.3, -0.25) is 0 Å². The molecular formula is C67H78F8O24. The molecule has 0 aromatic heterocycles. The molecule has 0 bridgehead atoms. The minimum Gasteiger partial charge on any atom is -0.394 e. The lowest BCUT2D eigenvalue weighted by Gasteiger charge is -2.48. The maximum absolute atomic E-state index is 15.5. The van der Waals surface area contributed by atoms with Crippen LogP contribution in [0, 0.1) is 6.92 Å². The van der Waals surface area contributed by atoms with Gasteiger partial charge < -0.3 is 121 Å². The van der Waals surface area contributed by atoms with Gasteiger partial charge in [-0.15, -0.1) is 0 Å². The number of hydrogen-bond acceptors (Lipinski definition) is 24. The van der Waals surface area contributed by atoms with Crippen molar-refractivity contribution in [2.24, 2.45) is 0 Å². The van der Waals surface area contributed by atoms with Crippen LogP contribution in [-0.4, -0.2) is 249 Å². The van der Waals surface area contributed by atoms with Gasteiger partial charge in [0.2, 0.25) is 0 Å². The molecule has 0 spiro atoms. The third-order valence-corrected chi connectivity index (χ3v) is 17.4. The van der Waals surface area contributed by atoms with Gasteiger partial charge in [-0.05, 0) is 42.0 Å². The molecule has 0 aliphatic carbocycles. The van der Waals surface area contributed by atoms with Gasteiger partial charge in [0.05, 0.1) is 26.4 Å². The highest BCUT2D eigenvalue weighted by atomic mass is 19.3. The third kappa shape index (κ3) is 15.6. The van der Waals surface area contributed by atoms with Crippen LogP contribution in [0.2, 0.25) is 0 Å². The van der Waals surface area contributed by atoms with Crippen LogP contribution in [0.5, 0.6) is 0 Å². The highest BCUT2D eigenvalue weighted by Crippen LogP contribution is 2.51. The summed E-state index contributed by atoms with van der Waals surface area (Å²) in [6.45, 7) is -1.81. The molecule has 0 radical (unpaired) electrons. The van der Waals surface area contributed by atoms with E-state index in [1.807, 2.05) is 19.1 Å². The lowest BCUT2D eigenvalue weighted by atomic mass is 9.84. The van der Waals surface area contributed by atoms with Crippen LogP contribution >= 0.6 is 0 Å². The molecule has 10 rings (SSSR count). The molecule has 20 atom stereocenters. The van der Waals surface area contributed by atoms with Crippen LogP contribution in [0.1, 0.15) is 50.1 Å². The SMILES string of the molecule is Cc1ccc(Cc2ccccc2C(F)(F)[C@]2(O)O[C@H](CO)[C@@H](O)[C@H](O)[C@H]2O)cc1.OC[C@H]1O[C@@](O)(C(F)(F)c2ccccc2)[C@H](O)[C@@H](O)[C@@H]1O.OC[C@H]1O[C@@](O)(C(F)(F)c2ccccc2)[C@H](O)[C@@H](O)[C@H]1O.OC[C@H]1O[C@@](O)(C(F)(F)c2ccccc2Cc2ccccc2)[C@H](O)[C@@H](O)[C@@H]1O.